The highest BCUT2D eigenvalue weighted by atomic mass is 16.2. The molecule has 0 radical (unpaired) electrons. The number of rotatable bonds is 7. The van der Waals surface area contributed by atoms with Gasteiger partial charge in [-0.2, -0.15) is 5.10 Å². The van der Waals surface area contributed by atoms with Crippen LogP contribution in [-0.2, 0) is 10.3 Å². The molecule has 2 aromatic heterocycles. The fraction of sp³-hybridized carbons (Fsp3) is 0.481. The van der Waals surface area contributed by atoms with Gasteiger partial charge in [0.2, 0.25) is 5.91 Å². The number of carbonyl (C=O) groups is 2. The summed E-state index contributed by atoms with van der Waals surface area (Å²) in [4.78, 5) is 33.3. The second-order valence-electron chi connectivity index (χ2n) is 10.2. The molecule has 2 amide bonds. The van der Waals surface area contributed by atoms with Gasteiger partial charge in [-0.25, -0.2) is 9.67 Å². The molecule has 7 heteroatoms. The molecule has 0 spiro atoms. The van der Waals surface area contributed by atoms with Crippen LogP contribution in [0.4, 0.5) is 5.69 Å². The van der Waals surface area contributed by atoms with E-state index in [1.807, 2.05) is 55.8 Å². The van der Waals surface area contributed by atoms with E-state index in [0.29, 0.717) is 17.8 Å². The normalized spacial score (nSPS) is 11.8. The van der Waals surface area contributed by atoms with Crippen molar-refractivity contribution < 1.29 is 9.59 Å². The van der Waals surface area contributed by atoms with Gasteiger partial charge in [-0.05, 0) is 64.7 Å². The molecule has 2 heterocycles. The number of nitrogens with one attached hydrogen (secondary N) is 1. The lowest BCUT2D eigenvalue weighted by Gasteiger charge is -2.24. The third kappa shape index (κ3) is 5.29. The number of benzene rings is 1. The van der Waals surface area contributed by atoms with Crippen LogP contribution >= 0.6 is 0 Å². The van der Waals surface area contributed by atoms with E-state index in [1.54, 1.807) is 4.90 Å². The van der Waals surface area contributed by atoms with E-state index in [-0.39, 0.29) is 29.8 Å². The number of carbonyl (C=O) groups excluding carboxylic acids is 2. The first-order valence-electron chi connectivity index (χ1n) is 12.0. The molecule has 0 saturated carbocycles. The van der Waals surface area contributed by atoms with Crippen molar-refractivity contribution in [2.75, 3.05) is 18.4 Å². The van der Waals surface area contributed by atoms with Crippen molar-refractivity contribution in [1.82, 2.24) is 19.7 Å². The van der Waals surface area contributed by atoms with Gasteiger partial charge >= 0.3 is 0 Å². The molecule has 0 atom stereocenters. The summed E-state index contributed by atoms with van der Waals surface area (Å²) in [6.07, 6.45) is 0.745. The van der Waals surface area contributed by atoms with Crippen molar-refractivity contribution >= 4 is 28.5 Å². The Morgan fingerprint density at radius 1 is 1.15 bits per heavy atom. The maximum absolute atomic E-state index is 13.9. The first-order chi connectivity index (χ1) is 15.9. The summed E-state index contributed by atoms with van der Waals surface area (Å²) in [5.74, 6) is -0.246. The van der Waals surface area contributed by atoms with Gasteiger partial charge in [-0.3, -0.25) is 9.59 Å². The topological polar surface area (TPSA) is 80.1 Å². The quantitative estimate of drug-likeness (QED) is 0.507. The molecule has 34 heavy (non-hydrogen) atoms. The number of para-hydroxylation sites is 1. The Morgan fingerprint density at radius 3 is 2.41 bits per heavy atom. The molecule has 0 bridgehead atoms. The van der Waals surface area contributed by atoms with E-state index in [4.69, 9.17) is 10.1 Å². The third-order valence-electron chi connectivity index (χ3n) is 5.82. The SMILES string of the molecule is CCCN(CC(=O)Nc1ccccc1C)C(=O)c1cc(C(C)C)nc2c1c(C)nn2C(C)(C)C. The van der Waals surface area contributed by atoms with Crippen LogP contribution in [0.1, 0.15) is 81.2 Å². The van der Waals surface area contributed by atoms with Gasteiger partial charge in [0.25, 0.3) is 5.91 Å². The molecule has 0 unspecified atom stereocenters. The number of nitrogens with zero attached hydrogens (tertiary/aromatic N) is 4. The van der Waals surface area contributed by atoms with E-state index in [2.05, 4.69) is 39.9 Å². The second kappa shape index (κ2) is 9.95. The minimum absolute atomic E-state index is 0.0196. The molecular weight excluding hydrogens is 426 g/mol. The minimum atomic E-state index is -0.286. The Bertz CT molecular complexity index is 1200. The number of hydrogen-bond acceptors (Lipinski definition) is 4. The highest BCUT2D eigenvalue weighted by Gasteiger charge is 2.28. The summed E-state index contributed by atoms with van der Waals surface area (Å²) in [6, 6.07) is 9.50. The Hall–Kier alpha value is -3.22. The summed E-state index contributed by atoms with van der Waals surface area (Å²) in [5.41, 5.74) is 4.31. The Labute approximate surface area is 202 Å². The first-order valence-corrected chi connectivity index (χ1v) is 12.0. The Kier molecular flexibility index (Phi) is 7.44. The van der Waals surface area contributed by atoms with Gasteiger partial charge in [-0.15, -0.1) is 0 Å². The van der Waals surface area contributed by atoms with Crippen molar-refractivity contribution in [3.63, 3.8) is 0 Å². The van der Waals surface area contributed by atoms with Gasteiger partial charge in [0.1, 0.15) is 6.54 Å². The van der Waals surface area contributed by atoms with Crippen molar-refractivity contribution in [3.05, 3.63) is 52.8 Å². The molecular formula is C27H37N5O2. The lowest BCUT2D eigenvalue weighted by atomic mass is 10.0. The third-order valence-corrected chi connectivity index (χ3v) is 5.82. The summed E-state index contributed by atoms with van der Waals surface area (Å²) < 4.78 is 1.90. The monoisotopic (exact) mass is 463 g/mol. The zero-order chi connectivity index (χ0) is 25.2. The fourth-order valence-corrected chi connectivity index (χ4v) is 4.01. The van der Waals surface area contributed by atoms with E-state index < -0.39 is 0 Å². The molecule has 0 aliphatic carbocycles. The second-order valence-corrected chi connectivity index (χ2v) is 10.2. The number of aryl methyl sites for hydroxylation is 2. The number of hydrogen-bond donors (Lipinski definition) is 1. The Balaban J connectivity index is 2.03. The van der Waals surface area contributed by atoms with Crippen molar-refractivity contribution in [3.8, 4) is 0 Å². The van der Waals surface area contributed by atoms with Crippen LogP contribution in [0.2, 0.25) is 0 Å². The lowest BCUT2D eigenvalue weighted by Crippen LogP contribution is -2.38. The predicted octanol–water partition coefficient (Wildman–Crippen LogP) is 5.42. The molecule has 7 nitrogen and oxygen atoms in total. The van der Waals surface area contributed by atoms with Crippen molar-refractivity contribution in [1.29, 1.82) is 0 Å². The van der Waals surface area contributed by atoms with Crippen LogP contribution in [0.3, 0.4) is 0 Å². The highest BCUT2D eigenvalue weighted by Crippen LogP contribution is 2.29. The number of anilines is 1. The standard InChI is InChI=1S/C27H37N5O2/c1-9-14-31(16-23(33)28-21-13-11-10-12-18(21)4)26(34)20-15-22(17(2)3)29-25-24(20)19(5)30-32(25)27(6,7)8/h10-13,15,17H,9,14,16H2,1-8H3,(H,28,33). The zero-order valence-electron chi connectivity index (χ0n) is 21.7. The average Bonchev–Trinajstić information content (AvgIpc) is 3.11. The van der Waals surface area contributed by atoms with Gasteiger partial charge in [0.05, 0.1) is 22.2 Å². The molecule has 182 valence electrons. The largest absolute Gasteiger partial charge is 0.329 e. The fourth-order valence-electron chi connectivity index (χ4n) is 4.01. The van der Waals surface area contributed by atoms with Crippen molar-refractivity contribution in [2.45, 2.75) is 73.3 Å². The molecule has 3 rings (SSSR count). The van der Waals surface area contributed by atoms with Gasteiger partial charge in [0, 0.05) is 17.9 Å². The molecule has 0 aliphatic heterocycles. The predicted molar refractivity (Wildman–Crippen MR) is 137 cm³/mol. The number of pyridine rings is 1. The average molecular weight is 464 g/mol. The summed E-state index contributed by atoms with van der Waals surface area (Å²) in [6.45, 7) is 16.7. The minimum Gasteiger partial charge on any atom is -0.329 e. The molecule has 1 N–H and O–H groups in total. The van der Waals surface area contributed by atoms with Crippen LogP contribution in [0.15, 0.2) is 30.3 Å². The number of aromatic nitrogens is 3. The van der Waals surface area contributed by atoms with Crippen LogP contribution in [-0.4, -0.2) is 44.6 Å². The van der Waals surface area contributed by atoms with Crippen LogP contribution in [0, 0.1) is 13.8 Å². The molecule has 1 aromatic carbocycles. The summed E-state index contributed by atoms with van der Waals surface area (Å²) in [7, 11) is 0. The maximum atomic E-state index is 13.9. The van der Waals surface area contributed by atoms with E-state index in [9.17, 15) is 9.59 Å². The zero-order valence-corrected chi connectivity index (χ0v) is 21.7. The van der Waals surface area contributed by atoms with E-state index in [1.165, 1.54) is 0 Å². The Morgan fingerprint density at radius 2 is 1.82 bits per heavy atom. The first kappa shape index (κ1) is 25.4. The maximum Gasteiger partial charge on any atom is 0.255 e. The van der Waals surface area contributed by atoms with Gasteiger partial charge < -0.3 is 10.2 Å². The van der Waals surface area contributed by atoms with E-state index >= 15 is 0 Å². The number of fused-ring (bicyclic) bond motifs is 1. The van der Waals surface area contributed by atoms with E-state index in [0.717, 1.165) is 34.4 Å². The molecule has 3 aromatic rings. The van der Waals surface area contributed by atoms with Crippen LogP contribution in [0.25, 0.3) is 11.0 Å². The summed E-state index contributed by atoms with van der Waals surface area (Å²) >= 11 is 0. The van der Waals surface area contributed by atoms with Gasteiger partial charge in [-0.1, -0.05) is 39.0 Å². The molecule has 0 saturated heterocycles. The van der Waals surface area contributed by atoms with Crippen LogP contribution in [0.5, 0.6) is 0 Å². The molecule has 0 fully saturated rings. The van der Waals surface area contributed by atoms with Crippen LogP contribution < -0.4 is 5.32 Å². The summed E-state index contributed by atoms with van der Waals surface area (Å²) in [5, 5.41) is 8.44. The highest BCUT2D eigenvalue weighted by molar-refractivity contribution is 6.08. The van der Waals surface area contributed by atoms with Crippen molar-refractivity contribution in [2.24, 2.45) is 0 Å². The number of amides is 2. The molecule has 0 aliphatic rings. The lowest BCUT2D eigenvalue weighted by molar-refractivity contribution is -0.116. The smallest absolute Gasteiger partial charge is 0.255 e. The van der Waals surface area contributed by atoms with Gasteiger partial charge in [0.15, 0.2) is 5.65 Å².